The molecule has 0 saturated heterocycles. The van der Waals surface area contributed by atoms with E-state index in [9.17, 15) is 9.59 Å². The zero-order valence-electron chi connectivity index (χ0n) is 11.8. The number of carbonyl (C=O) groups excluding carboxylic acids is 1. The summed E-state index contributed by atoms with van der Waals surface area (Å²) in [5.41, 5.74) is -0.00963. The van der Waals surface area contributed by atoms with Gasteiger partial charge in [-0.05, 0) is 25.5 Å². The van der Waals surface area contributed by atoms with Crippen LogP contribution in [0.1, 0.15) is 30.6 Å². The van der Waals surface area contributed by atoms with Gasteiger partial charge in [-0.15, -0.1) is 0 Å². The lowest BCUT2D eigenvalue weighted by Gasteiger charge is -2.16. The highest BCUT2D eigenvalue weighted by Gasteiger charge is 2.18. The molecule has 20 heavy (non-hydrogen) atoms. The van der Waals surface area contributed by atoms with Gasteiger partial charge in [-0.25, -0.2) is 4.79 Å². The van der Waals surface area contributed by atoms with Crippen molar-refractivity contribution in [3.63, 3.8) is 0 Å². The number of carboxylic acid groups (broad SMARTS) is 1. The number of aromatic carboxylic acids is 1. The van der Waals surface area contributed by atoms with Gasteiger partial charge in [0.25, 0.3) is 5.91 Å². The summed E-state index contributed by atoms with van der Waals surface area (Å²) in [5, 5.41) is 11.6. The van der Waals surface area contributed by atoms with Crippen LogP contribution in [0.25, 0.3) is 0 Å². The number of hydrogen-bond acceptors (Lipinski definition) is 4. The first-order valence-electron chi connectivity index (χ1n) is 6.38. The lowest BCUT2D eigenvalue weighted by atomic mass is 10.2. The molecular weight excluding hydrogens is 262 g/mol. The molecule has 6 heteroatoms. The topological polar surface area (TPSA) is 84.9 Å². The standard InChI is InChI=1S/C14H19NO5/c1-4-7-19-10-5-6-11(14(17)18)12(8-10)20-9(2)13(16)15-3/h5-6,8-9H,4,7H2,1-3H3,(H,15,16)(H,17,18). The smallest absolute Gasteiger partial charge is 0.339 e. The van der Waals surface area contributed by atoms with E-state index in [0.29, 0.717) is 12.4 Å². The SMILES string of the molecule is CCCOc1ccc(C(=O)O)c(OC(C)C(=O)NC)c1. The van der Waals surface area contributed by atoms with Crippen molar-refractivity contribution < 1.29 is 24.2 Å². The largest absolute Gasteiger partial charge is 0.493 e. The maximum Gasteiger partial charge on any atom is 0.339 e. The summed E-state index contributed by atoms with van der Waals surface area (Å²) in [6.45, 7) is 4.04. The lowest BCUT2D eigenvalue weighted by Crippen LogP contribution is -2.34. The minimum atomic E-state index is -1.12. The zero-order chi connectivity index (χ0) is 15.1. The van der Waals surface area contributed by atoms with Gasteiger partial charge < -0.3 is 19.9 Å². The summed E-state index contributed by atoms with van der Waals surface area (Å²) in [5.74, 6) is -0.828. The Kier molecular flexibility index (Phi) is 5.83. The molecule has 0 aliphatic carbocycles. The minimum Gasteiger partial charge on any atom is -0.493 e. The Labute approximate surface area is 117 Å². The molecule has 0 radical (unpaired) electrons. The Morgan fingerprint density at radius 3 is 2.65 bits per heavy atom. The van der Waals surface area contributed by atoms with Gasteiger partial charge in [0.2, 0.25) is 0 Å². The average Bonchev–Trinajstić information content (AvgIpc) is 2.43. The van der Waals surface area contributed by atoms with E-state index in [2.05, 4.69) is 5.32 Å². The molecule has 1 amide bonds. The maximum absolute atomic E-state index is 11.4. The second-order valence-electron chi connectivity index (χ2n) is 4.19. The van der Waals surface area contributed by atoms with E-state index < -0.39 is 12.1 Å². The van der Waals surface area contributed by atoms with Crippen LogP contribution in [0.15, 0.2) is 18.2 Å². The quantitative estimate of drug-likeness (QED) is 0.794. The number of rotatable bonds is 7. The van der Waals surface area contributed by atoms with E-state index in [0.717, 1.165) is 6.42 Å². The molecule has 1 atom stereocenters. The molecule has 0 bridgehead atoms. The fourth-order valence-corrected chi connectivity index (χ4v) is 1.53. The van der Waals surface area contributed by atoms with Crippen LogP contribution in [0.5, 0.6) is 11.5 Å². The molecule has 1 aromatic rings. The second-order valence-corrected chi connectivity index (χ2v) is 4.19. The molecule has 0 aromatic heterocycles. The van der Waals surface area contributed by atoms with Crippen LogP contribution in [-0.4, -0.2) is 36.7 Å². The van der Waals surface area contributed by atoms with Gasteiger partial charge in [0.05, 0.1) is 6.61 Å². The summed E-state index contributed by atoms with van der Waals surface area (Å²) in [4.78, 5) is 22.6. The summed E-state index contributed by atoms with van der Waals surface area (Å²) in [7, 11) is 1.49. The highest BCUT2D eigenvalue weighted by molar-refractivity contribution is 5.91. The van der Waals surface area contributed by atoms with Crippen molar-refractivity contribution in [2.75, 3.05) is 13.7 Å². The summed E-state index contributed by atoms with van der Waals surface area (Å²) >= 11 is 0. The number of likely N-dealkylation sites (N-methyl/N-ethyl adjacent to an activating group) is 1. The van der Waals surface area contributed by atoms with Crippen molar-refractivity contribution >= 4 is 11.9 Å². The Balaban J connectivity index is 2.99. The van der Waals surface area contributed by atoms with Crippen molar-refractivity contribution in [3.05, 3.63) is 23.8 Å². The summed E-state index contributed by atoms with van der Waals surface area (Å²) in [6, 6.07) is 4.45. The molecule has 0 saturated carbocycles. The zero-order valence-corrected chi connectivity index (χ0v) is 11.8. The van der Waals surface area contributed by atoms with Crippen LogP contribution in [0.3, 0.4) is 0 Å². The molecule has 2 N–H and O–H groups in total. The molecular formula is C14H19NO5. The number of benzene rings is 1. The highest BCUT2D eigenvalue weighted by atomic mass is 16.5. The summed E-state index contributed by atoms with van der Waals surface area (Å²) < 4.78 is 10.8. The molecule has 0 aliphatic rings. The van der Waals surface area contributed by atoms with Crippen LogP contribution < -0.4 is 14.8 Å². The molecule has 110 valence electrons. The van der Waals surface area contributed by atoms with Crippen molar-refractivity contribution in [3.8, 4) is 11.5 Å². The Hall–Kier alpha value is -2.24. The number of nitrogens with one attached hydrogen (secondary N) is 1. The third-order valence-electron chi connectivity index (χ3n) is 2.58. The number of carbonyl (C=O) groups is 2. The fraction of sp³-hybridized carbons (Fsp3) is 0.429. The minimum absolute atomic E-state index is 0.00963. The maximum atomic E-state index is 11.4. The fourth-order valence-electron chi connectivity index (χ4n) is 1.53. The van der Waals surface area contributed by atoms with Crippen LogP contribution in [0.4, 0.5) is 0 Å². The first kappa shape index (κ1) is 15.8. The van der Waals surface area contributed by atoms with Gasteiger partial charge in [0.1, 0.15) is 17.1 Å². The molecule has 1 unspecified atom stereocenters. The number of ether oxygens (including phenoxy) is 2. The van der Waals surface area contributed by atoms with Crippen molar-refractivity contribution in [1.29, 1.82) is 0 Å². The van der Waals surface area contributed by atoms with Crippen LogP contribution in [0, 0.1) is 0 Å². The van der Waals surface area contributed by atoms with E-state index in [4.69, 9.17) is 14.6 Å². The highest BCUT2D eigenvalue weighted by Crippen LogP contribution is 2.26. The third kappa shape index (κ3) is 4.15. The summed E-state index contributed by atoms with van der Waals surface area (Å²) in [6.07, 6.45) is 0.0467. The molecule has 1 rings (SSSR count). The van der Waals surface area contributed by atoms with Gasteiger partial charge in [-0.1, -0.05) is 6.92 Å². The molecule has 0 fully saturated rings. The third-order valence-corrected chi connectivity index (χ3v) is 2.58. The van der Waals surface area contributed by atoms with Crippen LogP contribution in [0.2, 0.25) is 0 Å². The number of hydrogen-bond donors (Lipinski definition) is 2. The molecule has 0 aliphatic heterocycles. The average molecular weight is 281 g/mol. The number of amides is 1. The van der Waals surface area contributed by atoms with E-state index in [1.807, 2.05) is 6.92 Å². The first-order valence-corrected chi connectivity index (χ1v) is 6.38. The van der Waals surface area contributed by atoms with E-state index in [-0.39, 0.29) is 17.2 Å². The van der Waals surface area contributed by atoms with E-state index in [1.165, 1.54) is 19.2 Å². The second kappa shape index (κ2) is 7.37. The van der Waals surface area contributed by atoms with E-state index >= 15 is 0 Å². The van der Waals surface area contributed by atoms with Crippen LogP contribution in [-0.2, 0) is 4.79 Å². The van der Waals surface area contributed by atoms with Gasteiger partial charge in [-0.2, -0.15) is 0 Å². The Morgan fingerprint density at radius 2 is 2.10 bits per heavy atom. The Bertz CT molecular complexity index is 486. The number of carboxylic acids is 1. The van der Waals surface area contributed by atoms with Crippen molar-refractivity contribution in [2.45, 2.75) is 26.4 Å². The van der Waals surface area contributed by atoms with Gasteiger partial charge in [0.15, 0.2) is 6.10 Å². The predicted octanol–water partition coefficient (Wildman–Crippen LogP) is 1.69. The monoisotopic (exact) mass is 281 g/mol. The van der Waals surface area contributed by atoms with Crippen molar-refractivity contribution in [1.82, 2.24) is 5.32 Å². The lowest BCUT2D eigenvalue weighted by molar-refractivity contribution is -0.126. The first-order chi connectivity index (χ1) is 9.49. The Morgan fingerprint density at radius 1 is 1.40 bits per heavy atom. The van der Waals surface area contributed by atoms with Crippen LogP contribution >= 0.6 is 0 Å². The van der Waals surface area contributed by atoms with Crippen molar-refractivity contribution in [2.24, 2.45) is 0 Å². The normalized spacial score (nSPS) is 11.6. The molecule has 0 spiro atoms. The molecule has 1 aromatic carbocycles. The van der Waals surface area contributed by atoms with Gasteiger partial charge >= 0.3 is 5.97 Å². The van der Waals surface area contributed by atoms with Gasteiger partial charge in [0, 0.05) is 13.1 Å². The van der Waals surface area contributed by atoms with Gasteiger partial charge in [-0.3, -0.25) is 4.79 Å². The predicted molar refractivity (Wildman–Crippen MR) is 73.3 cm³/mol. The van der Waals surface area contributed by atoms with E-state index in [1.54, 1.807) is 13.0 Å². The molecule has 0 heterocycles. The molecule has 6 nitrogen and oxygen atoms in total.